The lowest BCUT2D eigenvalue weighted by molar-refractivity contribution is -0.143. The maximum atomic E-state index is 13.5. The molecule has 1 aliphatic rings. The van der Waals surface area contributed by atoms with Gasteiger partial charge >= 0.3 is 12.4 Å². The molecule has 1 aromatic carbocycles. The molecule has 2 N–H and O–H groups in total. The van der Waals surface area contributed by atoms with Gasteiger partial charge in [0.2, 0.25) is 5.96 Å². The Kier molecular flexibility index (Phi) is 19.6. The fraction of sp³-hybridized carbons (Fsp3) is 0.613. The van der Waals surface area contributed by atoms with Crippen molar-refractivity contribution in [3.8, 4) is 0 Å². The molecule has 0 saturated heterocycles. The number of benzene rings is 1. The molecule has 0 aliphatic heterocycles. The molecule has 1 aliphatic carbocycles. The molecule has 1 fully saturated rings. The average molecular weight is 713 g/mol. The first-order chi connectivity index (χ1) is 21.3. The van der Waals surface area contributed by atoms with Crippen molar-refractivity contribution in [2.24, 2.45) is 27.1 Å². The highest BCUT2D eigenvalue weighted by Crippen LogP contribution is 2.37. The zero-order valence-electron chi connectivity index (χ0n) is 27.5. The molecule has 0 spiro atoms. The summed E-state index contributed by atoms with van der Waals surface area (Å²) in [6, 6.07) is 3.24. The zero-order chi connectivity index (χ0) is 34.8. The van der Waals surface area contributed by atoms with Gasteiger partial charge in [0.25, 0.3) is 0 Å². The number of nitrogens with zero attached hydrogens (tertiary/aromatic N) is 6. The molecule has 0 unspecified atom stereocenters. The minimum atomic E-state index is -4.97. The van der Waals surface area contributed by atoms with Gasteiger partial charge in [-0.1, -0.05) is 59.5 Å². The number of halogens is 7. The summed E-state index contributed by atoms with van der Waals surface area (Å²) in [4.78, 5) is 8.07. The molecule has 256 valence electrons. The third kappa shape index (κ3) is 14.0. The molecule has 7 nitrogen and oxygen atoms in total. The van der Waals surface area contributed by atoms with Gasteiger partial charge in [-0.3, -0.25) is 0 Å². The first kappa shape index (κ1) is 42.1. The Hall–Kier alpha value is -2.90. The van der Waals surface area contributed by atoms with E-state index in [4.69, 9.17) is 5.73 Å². The first-order valence-electron chi connectivity index (χ1n) is 15.4. The highest BCUT2D eigenvalue weighted by Gasteiger charge is 2.37. The van der Waals surface area contributed by atoms with Crippen LogP contribution >= 0.6 is 15.9 Å². The van der Waals surface area contributed by atoms with Crippen molar-refractivity contribution in [1.29, 1.82) is 0 Å². The Morgan fingerprint density at radius 3 is 1.91 bits per heavy atom. The Morgan fingerprint density at radius 1 is 0.911 bits per heavy atom. The van der Waals surface area contributed by atoms with Gasteiger partial charge in [-0.15, -0.1) is 0 Å². The van der Waals surface area contributed by atoms with Gasteiger partial charge in [0, 0.05) is 42.4 Å². The molecule has 0 radical (unpaired) electrons. The zero-order valence-corrected chi connectivity index (χ0v) is 29.1. The predicted molar refractivity (Wildman–Crippen MR) is 174 cm³/mol. The number of hydrogen-bond donors (Lipinski definition) is 1. The second-order valence-corrected chi connectivity index (χ2v) is 10.3. The molecule has 1 heterocycles. The lowest BCUT2D eigenvalue weighted by Gasteiger charge is -2.30. The SMILES string of the molecule is CC.CC.CC.CCN(CC1CCCC1)c1ncc(Br)cc1CN(Cc1cc(C(F)(F)F)cc(C(F)(F)F)c1)/C(N)=N/N=NC. The average Bonchev–Trinajstić information content (AvgIpc) is 3.54. The van der Waals surface area contributed by atoms with Gasteiger partial charge in [0.1, 0.15) is 5.82 Å². The van der Waals surface area contributed by atoms with E-state index in [1.165, 1.54) is 24.8 Å². The van der Waals surface area contributed by atoms with Crippen LogP contribution in [0.15, 0.2) is 50.4 Å². The quantitative estimate of drug-likeness (QED) is 0.0923. The lowest BCUT2D eigenvalue weighted by atomic mass is 10.0. The van der Waals surface area contributed by atoms with E-state index in [1.54, 1.807) is 12.3 Å². The third-order valence-corrected chi connectivity index (χ3v) is 6.92. The summed E-state index contributed by atoms with van der Waals surface area (Å²) in [5, 5.41) is 10.8. The van der Waals surface area contributed by atoms with E-state index in [0.29, 0.717) is 40.4 Å². The fourth-order valence-electron chi connectivity index (χ4n) is 4.65. The summed E-state index contributed by atoms with van der Waals surface area (Å²) in [7, 11) is 1.35. The van der Waals surface area contributed by atoms with Crippen LogP contribution in [0.3, 0.4) is 0 Å². The van der Waals surface area contributed by atoms with E-state index in [0.717, 1.165) is 19.4 Å². The lowest BCUT2D eigenvalue weighted by Crippen LogP contribution is -2.37. The highest BCUT2D eigenvalue weighted by molar-refractivity contribution is 9.10. The van der Waals surface area contributed by atoms with Crippen molar-refractivity contribution in [3.63, 3.8) is 0 Å². The summed E-state index contributed by atoms with van der Waals surface area (Å²) in [6.07, 6.45) is -3.72. The number of guanidine groups is 1. The van der Waals surface area contributed by atoms with Crippen LogP contribution in [0.4, 0.5) is 32.2 Å². The van der Waals surface area contributed by atoms with Crippen LogP contribution in [-0.4, -0.2) is 36.0 Å². The number of alkyl halides is 6. The van der Waals surface area contributed by atoms with Gasteiger partial charge in [0.15, 0.2) is 0 Å². The molecule has 0 amide bonds. The van der Waals surface area contributed by atoms with Gasteiger partial charge < -0.3 is 15.5 Å². The van der Waals surface area contributed by atoms with E-state index in [-0.39, 0.29) is 24.1 Å². The third-order valence-electron chi connectivity index (χ3n) is 6.49. The molecule has 2 aromatic rings. The van der Waals surface area contributed by atoms with Crippen LogP contribution in [0.25, 0.3) is 0 Å². The van der Waals surface area contributed by atoms with E-state index in [2.05, 4.69) is 41.3 Å². The monoisotopic (exact) mass is 711 g/mol. The number of pyridine rings is 1. The molecule has 45 heavy (non-hydrogen) atoms. The van der Waals surface area contributed by atoms with Crippen molar-refractivity contribution in [3.05, 3.63) is 57.2 Å². The van der Waals surface area contributed by atoms with Crippen LogP contribution in [0, 0.1) is 5.92 Å². The van der Waals surface area contributed by atoms with Crippen molar-refractivity contribution < 1.29 is 26.3 Å². The van der Waals surface area contributed by atoms with Crippen molar-refractivity contribution in [1.82, 2.24) is 9.88 Å². The normalized spacial score (nSPS) is 13.7. The standard InChI is InChI=1S/C25H30BrF6N7.3C2H6/c1-3-38(13-16-6-4-5-7-16)22-18(10-21(26)12-35-22)15-39(23(33)36-37-34-2)14-17-8-19(24(27,28)29)11-20(9-17)25(30,31)32;3*1-2/h8-12,16H,3-7,13-15H2,1-2H3,(H2,33,34,36);3*1-2H3. The molecule has 1 saturated carbocycles. The van der Waals surface area contributed by atoms with Gasteiger partial charge in [-0.25, -0.2) is 4.98 Å². The topological polar surface area (TPSA) is 82.5 Å². The number of anilines is 1. The van der Waals surface area contributed by atoms with Crippen molar-refractivity contribution in [2.75, 3.05) is 25.0 Å². The number of hydrogen-bond acceptors (Lipinski definition) is 4. The largest absolute Gasteiger partial charge is 0.416 e. The van der Waals surface area contributed by atoms with Crippen LogP contribution in [-0.2, 0) is 25.4 Å². The Labute approximate surface area is 272 Å². The maximum Gasteiger partial charge on any atom is 0.416 e. The Bertz CT molecular complexity index is 1150. The Morgan fingerprint density at radius 2 is 1.44 bits per heavy atom. The van der Waals surface area contributed by atoms with Crippen molar-refractivity contribution in [2.45, 2.75) is 99.6 Å². The minimum absolute atomic E-state index is 0.00486. The summed E-state index contributed by atoms with van der Waals surface area (Å²) in [5.41, 5.74) is 3.71. The maximum absolute atomic E-state index is 13.5. The molecule has 0 bridgehead atoms. The smallest absolute Gasteiger partial charge is 0.368 e. The van der Waals surface area contributed by atoms with E-state index < -0.39 is 30.0 Å². The number of aromatic nitrogens is 1. The first-order valence-corrected chi connectivity index (χ1v) is 16.2. The second-order valence-electron chi connectivity index (χ2n) is 9.34. The molecular weight excluding hydrogens is 664 g/mol. The van der Waals surface area contributed by atoms with Crippen LogP contribution < -0.4 is 10.6 Å². The van der Waals surface area contributed by atoms with Crippen LogP contribution in [0.2, 0.25) is 0 Å². The number of rotatable bonds is 9. The van der Waals surface area contributed by atoms with Gasteiger partial charge in [-0.2, -0.15) is 31.5 Å². The molecular formula is C31H48BrF6N7. The summed E-state index contributed by atoms with van der Waals surface area (Å²) >= 11 is 3.41. The van der Waals surface area contributed by atoms with E-state index in [1.807, 2.05) is 48.5 Å². The summed E-state index contributed by atoms with van der Waals surface area (Å²) in [5.74, 6) is 0.945. The van der Waals surface area contributed by atoms with Gasteiger partial charge in [0.05, 0.1) is 18.2 Å². The molecule has 0 atom stereocenters. The van der Waals surface area contributed by atoms with Crippen LogP contribution in [0.5, 0.6) is 0 Å². The molecule has 1 aromatic heterocycles. The predicted octanol–water partition coefficient (Wildman–Crippen LogP) is 10.3. The van der Waals surface area contributed by atoms with Gasteiger partial charge in [-0.05, 0) is 76.7 Å². The van der Waals surface area contributed by atoms with Crippen LogP contribution in [0.1, 0.15) is 96.4 Å². The number of nitrogens with two attached hydrogens (primary N) is 1. The minimum Gasteiger partial charge on any atom is -0.368 e. The summed E-state index contributed by atoms with van der Waals surface area (Å²) in [6.45, 7) is 15.0. The molecule has 3 rings (SSSR count). The highest BCUT2D eigenvalue weighted by atomic mass is 79.9. The summed E-state index contributed by atoms with van der Waals surface area (Å²) < 4.78 is 81.4. The van der Waals surface area contributed by atoms with E-state index >= 15 is 0 Å². The molecule has 14 heteroatoms. The van der Waals surface area contributed by atoms with Crippen molar-refractivity contribution >= 4 is 27.7 Å². The van der Waals surface area contributed by atoms with E-state index in [9.17, 15) is 26.3 Å². The Balaban J connectivity index is 0.00000304. The second kappa shape index (κ2) is 21.0. The fourth-order valence-corrected chi connectivity index (χ4v) is 5.03.